The Labute approximate surface area is 170 Å². The molecular formula is C19H23N5O4S. The van der Waals surface area contributed by atoms with Gasteiger partial charge in [0, 0.05) is 11.1 Å². The van der Waals surface area contributed by atoms with Crippen LogP contribution in [-0.4, -0.2) is 44.5 Å². The number of aromatic nitrogens is 3. The molecule has 0 aliphatic carbocycles. The number of aryl methyl sites for hydroxylation is 3. The van der Waals surface area contributed by atoms with Gasteiger partial charge in [0.05, 0.1) is 10.3 Å². The largest absolute Gasteiger partial charge is 0.480 e. The first-order valence-corrected chi connectivity index (χ1v) is 10.1. The van der Waals surface area contributed by atoms with Crippen LogP contribution in [0.3, 0.4) is 0 Å². The highest BCUT2D eigenvalue weighted by atomic mass is 32.1. The number of hydrogen-bond donors (Lipinski definition) is 5. The molecule has 6 N–H and O–H groups in total. The van der Waals surface area contributed by atoms with Crippen molar-refractivity contribution in [1.29, 1.82) is 0 Å². The maximum atomic E-state index is 12.4. The summed E-state index contributed by atoms with van der Waals surface area (Å²) in [5.74, 6) is -0.929. The van der Waals surface area contributed by atoms with E-state index >= 15 is 0 Å². The van der Waals surface area contributed by atoms with Gasteiger partial charge in [-0.3, -0.25) is 9.59 Å². The number of nitrogens with two attached hydrogens (primary N) is 1. The van der Waals surface area contributed by atoms with Gasteiger partial charge in [-0.1, -0.05) is 0 Å². The molecule has 0 saturated carbocycles. The minimum Gasteiger partial charge on any atom is -0.480 e. The minimum absolute atomic E-state index is 0.174. The molecule has 9 nitrogen and oxygen atoms in total. The molecule has 3 aromatic heterocycles. The van der Waals surface area contributed by atoms with Crippen molar-refractivity contribution in [3.05, 3.63) is 49.8 Å². The van der Waals surface area contributed by atoms with Gasteiger partial charge in [-0.15, -0.1) is 11.3 Å². The van der Waals surface area contributed by atoms with Crippen LogP contribution in [0.1, 0.15) is 38.8 Å². The van der Waals surface area contributed by atoms with E-state index in [-0.39, 0.29) is 5.56 Å². The van der Waals surface area contributed by atoms with E-state index < -0.39 is 17.9 Å². The summed E-state index contributed by atoms with van der Waals surface area (Å²) in [5, 5.41) is 12.3. The Balaban J connectivity index is 1.65. The molecule has 1 unspecified atom stereocenters. The van der Waals surface area contributed by atoms with Crippen LogP contribution in [0.25, 0.3) is 11.0 Å². The van der Waals surface area contributed by atoms with Gasteiger partial charge in [0.1, 0.15) is 17.5 Å². The Morgan fingerprint density at radius 1 is 1.34 bits per heavy atom. The molecule has 0 aliphatic heterocycles. The van der Waals surface area contributed by atoms with E-state index in [2.05, 4.69) is 20.3 Å². The lowest BCUT2D eigenvalue weighted by Crippen LogP contribution is -2.40. The second kappa shape index (κ2) is 9.01. The number of H-pyrrole nitrogens is 2. The van der Waals surface area contributed by atoms with Crippen LogP contribution < -0.4 is 16.6 Å². The molecule has 10 heteroatoms. The summed E-state index contributed by atoms with van der Waals surface area (Å²) in [6, 6.07) is 2.58. The summed E-state index contributed by atoms with van der Waals surface area (Å²) in [4.78, 5) is 47.3. The fourth-order valence-corrected chi connectivity index (χ4v) is 4.02. The van der Waals surface area contributed by atoms with E-state index in [0.29, 0.717) is 54.0 Å². The van der Waals surface area contributed by atoms with Gasteiger partial charge in [0.2, 0.25) is 0 Å². The third-order valence-electron chi connectivity index (χ3n) is 4.57. The van der Waals surface area contributed by atoms with E-state index in [1.165, 1.54) is 11.3 Å². The van der Waals surface area contributed by atoms with Gasteiger partial charge in [-0.2, -0.15) is 0 Å². The highest BCUT2D eigenvalue weighted by molar-refractivity contribution is 7.14. The van der Waals surface area contributed by atoms with Crippen molar-refractivity contribution in [2.45, 2.75) is 38.6 Å². The van der Waals surface area contributed by atoms with Crippen molar-refractivity contribution in [3.63, 3.8) is 0 Å². The normalized spacial score (nSPS) is 12.2. The van der Waals surface area contributed by atoms with Gasteiger partial charge < -0.3 is 26.1 Å². The van der Waals surface area contributed by atoms with Crippen LogP contribution in [0.4, 0.5) is 0 Å². The predicted octanol–water partition coefficient (Wildman–Crippen LogP) is 1.33. The SMILES string of the molecule is Cc1nc2[nH]cc(CCc3ccc(C(=O)NC(CCCN)C(=O)O)s3)c2c(=O)[nH]1. The van der Waals surface area contributed by atoms with Gasteiger partial charge >= 0.3 is 5.97 Å². The standard InChI is InChI=1S/C19H23N5O4S/c1-10-22-16-15(18(26)23-10)11(9-21-16)4-5-12-6-7-14(29-12)17(25)24-13(19(27)28)3-2-8-20/h6-7,9,13H,2-5,8,20H2,1H3,(H,24,25)(H,27,28)(H2,21,22,23,26). The number of carboxylic acid groups (broad SMARTS) is 1. The number of hydrogen-bond acceptors (Lipinski definition) is 6. The zero-order valence-corrected chi connectivity index (χ0v) is 16.8. The number of nitrogens with one attached hydrogen (secondary N) is 3. The summed E-state index contributed by atoms with van der Waals surface area (Å²) in [6.45, 7) is 2.10. The molecular weight excluding hydrogens is 394 g/mol. The number of nitrogens with zero attached hydrogens (tertiary/aromatic N) is 1. The lowest BCUT2D eigenvalue weighted by Gasteiger charge is -2.13. The molecule has 0 bridgehead atoms. The van der Waals surface area contributed by atoms with Gasteiger partial charge in [0.25, 0.3) is 11.5 Å². The van der Waals surface area contributed by atoms with E-state index in [4.69, 9.17) is 5.73 Å². The second-order valence-corrected chi connectivity index (χ2v) is 7.92. The molecule has 1 amide bonds. The zero-order chi connectivity index (χ0) is 21.0. The van der Waals surface area contributed by atoms with Crippen LogP contribution in [0.5, 0.6) is 0 Å². The van der Waals surface area contributed by atoms with Crippen LogP contribution in [0.2, 0.25) is 0 Å². The summed E-state index contributed by atoms with van der Waals surface area (Å²) >= 11 is 1.31. The van der Waals surface area contributed by atoms with Crippen LogP contribution >= 0.6 is 11.3 Å². The Bertz CT molecular complexity index is 1080. The Morgan fingerprint density at radius 2 is 2.14 bits per heavy atom. The van der Waals surface area contributed by atoms with Gasteiger partial charge in [-0.25, -0.2) is 9.78 Å². The van der Waals surface area contributed by atoms with Crippen molar-refractivity contribution >= 4 is 34.2 Å². The van der Waals surface area contributed by atoms with Crippen LogP contribution in [0.15, 0.2) is 23.1 Å². The van der Waals surface area contributed by atoms with Crippen molar-refractivity contribution in [1.82, 2.24) is 20.3 Å². The zero-order valence-electron chi connectivity index (χ0n) is 15.9. The summed E-state index contributed by atoms with van der Waals surface area (Å²) in [7, 11) is 0. The average Bonchev–Trinajstić information content (AvgIpc) is 3.30. The number of aliphatic carboxylic acids is 1. The highest BCUT2D eigenvalue weighted by Gasteiger charge is 2.21. The molecule has 0 saturated heterocycles. The molecule has 0 spiro atoms. The van der Waals surface area contributed by atoms with Gasteiger partial charge in [-0.05, 0) is 56.8 Å². The third kappa shape index (κ3) is 4.90. The smallest absolute Gasteiger partial charge is 0.326 e. The monoisotopic (exact) mass is 417 g/mol. The second-order valence-electron chi connectivity index (χ2n) is 6.75. The number of carbonyl (C=O) groups excluding carboxylic acids is 1. The molecule has 0 radical (unpaired) electrons. The molecule has 1 atom stereocenters. The lowest BCUT2D eigenvalue weighted by molar-refractivity contribution is -0.139. The number of carbonyl (C=O) groups is 2. The molecule has 3 aromatic rings. The van der Waals surface area contributed by atoms with Crippen molar-refractivity contribution < 1.29 is 14.7 Å². The number of rotatable bonds is 9. The number of carboxylic acids is 1. The topological polar surface area (TPSA) is 154 Å². The fourth-order valence-electron chi connectivity index (χ4n) is 3.11. The van der Waals surface area contributed by atoms with E-state index in [9.17, 15) is 19.5 Å². The molecule has 0 aliphatic rings. The van der Waals surface area contributed by atoms with Crippen molar-refractivity contribution in [2.24, 2.45) is 5.73 Å². The molecule has 29 heavy (non-hydrogen) atoms. The number of fused-ring (bicyclic) bond motifs is 1. The van der Waals surface area contributed by atoms with E-state index in [0.717, 1.165) is 10.4 Å². The molecule has 154 valence electrons. The Kier molecular flexibility index (Phi) is 6.45. The molecule has 3 rings (SSSR count). The summed E-state index contributed by atoms with van der Waals surface area (Å²) in [6.07, 6.45) is 3.85. The maximum absolute atomic E-state index is 12.4. The first-order valence-electron chi connectivity index (χ1n) is 9.28. The van der Waals surface area contributed by atoms with Gasteiger partial charge in [0.15, 0.2) is 0 Å². The average molecular weight is 417 g/mol. The quantitative estimate of drug-likeness (QED) is 0.354. The Morgan fingerprint density at radius 3 is 2.86 bits per heavy atom. The first kappa shape index (κ1) is 20.7. The first-order chi connectivity index (χ1) is 13.9. The number of amides is 1. The number of thiophene rings is 1. The van der Waals surface area contributed by atoms with Crippen LogP contribution in [-0.2, 0) is 17.6 Å². The summed E-state index contributed by atoms with van der Waals surface area (Å²) < 4.78 is 0. The highest BCUT2D eigenvalue weighted by Crippen LogP contribution is 2.21. The lowest BCUT2D eigenvalue weighted by atomic mass is 10.1. The fraction of sp³-hybridized carbons (Fsp3) is 0.368. The van der Waals surface area contributed by atoms with Crippen molar-refractivity contribution in [3.8, 4) is 0 Å². The number of aromatic amines is 2. The third-order valence-corrected chi connectivity index (χ3v) is 5.71. The Hall–Kier alpha value is -2.98. The van der Waals surface area contributed by atoms with Crippen LogP contribution in [0, 0.1) is 6.92 Å². The minimum atomic E-state index is -1.07. The molecule has 0 aromatic carbocycles. The predicted molar refractivity (Wildman–Crippen MR) is 110 cm³/mol. The van der Waals surface area contributed by atoms with E-state index in [1.807, 2.05) is 6.07 Å². The maximum Gasteiger partial charge on any atom is 0.326 e. The van der Waals surface area contributed by atoms with E-state index in [1.54, 1.807) is 19.2 Å². The molecule has 3 heterocycles. The summed E-state index contributed by atoms with van der Waals surface area (Å²) in [5.41, 5.74) is 6.66. The van der Waals surface area contributed by atoms with Crippen molar-refractivity contribution in [2.75, 3.05) is 6.54 Å². The molecule has 0 fully saturated rings.